The van der Waals surface area contributed by atoms with E-state index in [-0.39, 0.29) is 21.0 Å². The van der Waals surface area contributed by atoms with Crippen LogP contribution in [-0.2, 0) is 14.0 Å². The monoisotopic (exact) mass is 678 g/mol. The Bertz CT molecular complexity index is 1480. The molecule has 12 heteroatoms. The maximum absolute atomic E-state index is 13.7. The van der Waals surface area contributed by atoms with Gasteiger partial charge in [0.05, 0.1) is 35.5 Å². The van der Waals surface area contributed by atoms with Gasteiger partial charge in [0.1, 0.15) is 29.8 Å². The van der Waals surface area contributed by atoms with Crippen molar-refractivity contribution in [1.82, 2.24) is 9.97 Å². The lowest BCUT2D eigenvalue weighted by Gasteiger charge is -2.40. The summed E-state index contributed by atoms with van der Waals surface area (Å²) in [5, 5.41) is 6.71. The molecule has 226 valence electrons. The molecular weight excluding hydrogens is 643 g/mol. The fourth-order valence-electron chi connectivity index (χ4n) is 4.14. The zero-order valence-electron chi connectivity index (χ0n) is 24.7. The number of anilines is 3. The van der Waals surface area contributed by atoms with Gasteiger partial charge in [0.25, 0.3) is 5.91 Å². The summed E-state index contributed by atoms with van der Waals surface area (Å²) in [4.78, 5) is 22.3. The van der Waals surface area contributed by atoms with Crippen LogP contribution in [0.3, 0.4) is 0 Å². The fraction of sp³-hybridized carbons (Fsp3) is 0.433. The molecule has 0 saturated carbocycles. The van der Waals surface area contributed by atoms with Gasteiger partial charge in [-0.15, -0.1) is 0 Å². The number of rotatable bonds is 10. The average Bonchev–Trinajstić information content (AvgIpc) is 3.42. The van der Waals surface area contributed by atoms with E-state index in [9.17, 15) is 9.18 Å². The van der Waals surface area contributed by atoms with E-state index in [0.29, 0.717) is 52.6 Å². The number of halogens is 3. The van der Waals surface area contributed by atoms with Crippen molar-refractivity contribution < 1.29 is 23.1 Å². The highest BCUT2D eigenvalue weighted by molar-refractivity contribution is 9.09. The summed E-state index contributed by atoms with van der Waals surface area (Å²) >= 11 is 9.61. The molecule has 8 nitrogen and oxygen atoms in total. The molecule has 0 bridgehead atoms. The molecule has 1 aromatic heterocycles. The predicted octanol–water partition coefficient (Wildman–Crippen LogP) is 8.00. The van der Waals surface area contributed by atoms with Crippen LogP contribution in [0.5, 0.6) is 5.75 Å². The van der Waals surface area contributed by atoms with Gasteiger partial charge in [-0.1, -0.05) is 54.9 Å². The van der Waals surface area contributed by atoms with Crippen molar-refractivity contribution in [2.45, 2.75) is 69.3 Å². The number of nitrogens with zero attached hydrogens (tertiary/aromatic N) is 2. The molecule has 0 radical (unpaired) electrons. The topological polar surface area (TPSA) is 94.6 Å². The minimum atomic E-state index is -2.22. The molecule has 1 saturated heterocycles. The van der Waals surface area contributed by atoms with Gasteiger partial charge in [-0.3, -0.25) is 4.79 Å². The third kappa shape index (κ3) is 7.49. The smallest absolute Gasteiger partial charge is 0.253 e. The SMILES string of the molecule is C=C(C(=O)Nc1cc2c(Nc3ccc(F)c(Cl)c3)ncnc2cc1O[C@H]1CCOC1)C(O[Si](C)(C)C(C)(C)C)C(C)Br. The van der Waals surface area contributed by atoms with Crippen LogP contribution in [0, 0.1) is 5.82 Å². The molecule has 0 spiro atoms. The number of amides is 1. The zero-order chi connectivity index (χ0) is 30.8. The van der Waals surface area contributed by atoms with Crippen molar-refractivity contribution in [1.29, 1.82) is 0 Å². The Hall–Kier alpha value is -2.57. The number of aromatic nitrogens is 2. The molecule has 4 rings (SSSR count). The highest BCUT2D eigenvalue weighted by atomic mass is 79.9. The molecule has 1 amide bonds. The first-order valence-electron chi connectivity index (χ1n) is 13.7. The molecule has 1 fully saturated rings. The average molecular weight is 680 g/mol. The molecule has 1 aliphatic heterocycles. The number of benzene rings is 2. The van der Waals surface area contributed by atoms with E-state index >= 15 is 0 Å². The summed E-state index contributed by atoms with van der Waals surface area (Å²) in [7, 11) is -2.22. The lowest BCUT2D eigenvalue weighted by molar-refractivity contribution is -0.113. The predicted molar refractivity (Wildman–Crippen MR) is 172 cm³/mol. The highest BCUT2D eigenvalue weighted by Crippen LogP contribution is 2.40. The second-order valence-corrected chi connectivity index (χ2v) is 18.5. The van der Waals surface area contributed by atoms with Gasteiger partial charge in [0.2, 0.25) is 0 Å². The van der Waals surface area contributed by atoms with E-state index in [1.165, 1.54) is 18.5 Å². The first-order chi connectivity index (χ1) is 19.7. The maximum Gasteiger partial charge on any atom is 0.253 e. The van der Waals surface area contributed by atoms with Crippen LogP contribution in [0.2, 0.25) is 23.2 Å². The van der Waals surface area contributed by atoms with Crippen molar-refractivity contribution in [3.05, 3.63) is 59.7 Å². The number of fused-ring (bicyclic) bond motifs is 1. The van der Waals surface area contributed by atoms with Crippen LogP contribution >= 0.6 is 27.5 Å². The second-order valence-electron chi connectivity index (χ2n) is 11.9. The van der Waals surface area contributed by atoms with E-state index in [4.69, 9.17) is 25.5 Å². The van der Waals surface area contributed by atoms with Crippen LogP contribution in [0.1, 0.15) is 34.1 Å². The summed E-state index contributed by atoms with van der Waals surface area (Å²) < 4.78 is 32.1. The fourth-order valence-corrected chi connectivity index (χ4v) is 6.28. The van der Waals surface area contributed by atoms with Gasteiger partial charge >= 0.3 is 0 Å². The lowest BCUT2D eigenvalue weighted by Crippen LogP contribution is -2.47. The summed E-state index contributed by atoms with van der Waals surface area (Å²) in [6.07, 6.45) is 1.43. The number of nitrogens with one attached hydrogen (secondary N) is 2. The Labute approximate surface area is 260 Å². The van der Waals surface area contributed by atoms with Gasteiger partial charge in [0, 0.05) is 34.0 Å². The van der Waals surface area contributed by atoms with Crippen LogP contribution < -0.4 is 15.4 Å². The van der Waals surface area contributed by atoms with Crippen LogP contribution in [0.4, 0.5) is 21.6 Å². The minimum Gasteiger partial charge on any atom is -0.486 e. The Morgan fingerprint density at radius 1 is 1.26 bits per heavy atom. The highest BCUT2D eigenvalue weighted by Gasteiger charge is 2.41. The number of ether oxygens (including phenoxy) is 2. The molecule has 2 N–H and O–H groups in total. The largest absolute Gasteiger partial charge is 0.486 e. The van der Waals surface area contributed by atoms with Crippen molar-refractivity contribution >= 4 is 69.9 Å². The standard InChI is InChI=1S/C30H37BrClFN4O4Si/c1-17(27(18(2)31)41-42(6,7)30(3,4)5)29(38)37-25-13-21-24(14-26(25)40-20-10-11-39-15-20)34-16-35-28(21)36-19-8-9-23(33)22(32)12-19/h8-9,12-14,16,18,20,27H,1,10-11,15H2,2-7H3,(H,37,38)(H,34,35,36)/t18?,20-,27?/m0/s1. The van der Waals surface area contributed by atoms with Crippen molar-refractivity contribution in [3.63, 3.8) is 0 Å². The molecule has 1 aliphatic rings. The van der Waals surface area contributed by atoms with Crippen LogP contribution in [-0.4, -0.2) is 54.4 Å². The number of hydrogen-bond acceptors (Lipinski definition) is 7. The van der Waals surface area contributed by atoms with Gasteiger partial charge in [-0.2, -0.15) is 0 Å². The molecule has 3 atom stereocenters. The van der Waals surface area contributed by atoms with Crippen molar-refractivity contribution in [3.8, 4) is 5.75 Å². The Balaban J connectivity index is 1.69. The first-order valence-corrected chi connectivity index (χ1v) is 17.9. The number of carbonyl (C=O) groups is 1. The van der Waals surface area contributed by atoms with Gasteiger partial charge in [-0.25, -0.2) is 14.4 Å². The molecule has 42 heavy (non-hydrogen) atoms. The summed E-state index contributed by atoms with van der Waals surface area (Å²) in [6.45, 7) is 17.9. The Morgan fingerprint density at radius 2 is 2.00 bits per heavy atom. The van der Waals surface area contributed by atoms with Crippen molar-refractivity contribution in [2.24, 2.45) is 0 Å². The normalized spacial score (nSPS) is 17.1. The minimum absolute atomic E-state index is 0.0187. The third-order valence-electron chi connectivity index (χ3n) is 7.63. The summed E-state index contributed by atoms with van der Waals surface area (Å²) in [6, 6.07) is 7.81. The van der Waals surface area contributed by atoms with Gasteiger partial charge in [-0.05, 0) is 49.3 Å². The number of alkyl halides is 1. The summed E-state index contributed by atoms with van der Waals surface area (Å²) in [5.41, 5.74) is 1.84. The molecule has 2 aromatic carbocycles. The lowest BCUT2D eigenvalue weighted by atomic mass is 10.1. The molecule has 3 aromatic rings. The van der Waals surface area contributed by atoms with Crippen LogP contribution in [0.15, 0.2) is 48.8 Å². The Kier molecular flexibility index (Phi) is 9.99. The molecule has 0 aliphatic carbocycles. The van der Waals surface area contributed by atoms with Crippen LogP contribution in [0.25, 0.3) is 10.9 Å². The van der Waals surface area contributed by atoms with Crippen molar-refractivity contribution in [2.75, 3.05) is 23.8 Å². The second kappa shape index (κ2) is 13.0. The molecular formula is C30H37BrClFN4O4Si. The summed E-state index contributed by atoms with van der Waals surface area (Å²) in [5.74, 6) is -0.0248. The number of hydrogen-bond donors (Lipinski definition) is 2. The maximum atomic E-state index is 13.7. The molecule has 2 heterocycles. The zero-order valence-corrected chi connectivity index (χ0v) is 28.0. The van der Waals surface area contributed by atoms with E-state index in [2.05, 4.69) is 77.0 Å². The van der Waals surface area contributed by atoms with E-state index in [0.717, 1.165) is 6.42 Å². The van der Waals surface area contributed by atoms with Gasteiger partial charge < -0.3 is 24.5 Å². The molecule has 2 unspecified atom stereocenters. The third-order valence-corrected chi connectivity index (χ3v) is 12.9. The van der Waals surface area contributed by atoms with Gasteiger partial charge in [0.15, 0.2) is 8.32 Å². The van der Waals surface area contributed by atoms with E-state index in [1.807, 2.05) is 6.92 Å². The first kappa shape index (κ1) is 32.3. The van der Waals surface area contributed by atoms with E-state index < -0.39 is 26.1 Å². The van der Waals surface area contributed by atoms with E-state index in [1.54, 1.807) is 18.2 Å². The number of carbonyl (C=O) groups excluding carboxylic acids is 1. The quantitative estimate of drug-likeness (QED) is 0.127. The Morgan fingerprint density at radius 3 is 2.62 bits per heavy atom.